The van der Waals surface area contributed by atoms with Crippen LogP contribution in [0.2, 0.25) is 5.02 Å². The lowest BCUT2D eigenvalue weighted by Gasteiger charge is -2.32. The highest BCUT2D eigenvalue weighted by molar-refractivity contribution is 7.80. The standard InChI is InChI=1S/C15H19ClN2OS/c1-18(11-7-3-2-4-8-11)15(20)17-14(19)12-9-5-6-10-13(12)16/h5-6,9-11H,2-4,7-8H2,1H3,(H,17,19,20). The van der Waals surface area contributed by atoms with Crippen LogP contribution < -0.4 is 5.32 Å². The predicted molar refractivity (Wildman–Crippen MR) is 86.2 cm³/mol. The van der Waals surface area contributed by atoms with E-state index in [1.165, 1.54) is 19.3 Å². The van der Waals surface area contributed by atoms with Gasteiger partial charge in [-0.3, -0.25) is 10.1 Å². The van der Waals surface area contributed by atoms with Crippen LogP contribution in [0.5, 0.6) is 0 Å². The molecule has 0 spiro atoms. The Kier molecular flexibility index (Phi) is 5.38. The summed E-state index contributed by atoms with van der Waals surface area (Å²) in [4.78, 5) is 14.2. The molecule has 0 heterocycles. The Labute approximate surface area is 130 Å². The first kappa shape index (κ1) is 15.3. The van der Waals surface area contributed by atoms with E-state index in [2.05, 4.69) is 5.32 Å². The van der Waals surface area contributed by atoms with Crippen molar-refractivity contribution < 1.29 is 4.79 Å². The van der Waals surface area contributed by atoms with E-state index in [1.54, 1.807) is 24.3 Å². The maximum atomic E-state index is 12.2. The molecular formula is C15H19ClN2OS. The second kappa shape index (κ2) is 7.04. The number of rotatable bonds is 2. The highest BCUT2D eigenvalue weighted by atomic mass is 35.5. The van der Waals surface area contributed by atoms with Crippen molar-refractivity contribution in [3.8, 4) is 0 Å². The van der Waals surface area contributed by atoms with E-state index in [9.17, 15) is 4.79 Å². The Bertz CT molecular complexity index is 500. The molecule has 0 atom stereocenters. The first-order valence-corrected chi connectivity index (χ1v) is 7.71. The molecule has 0 radical (unpaired) electrons. The molecule has 1 aliphatic carbocycles. The average molecular weight is 311 g/mol. The highest BCUT2D eigenvalue weighted by Crippen LogP contribution is 2.22. The van der Waals surface area contributed by atoms with Gasteiger partial charge in [0.05, 0.1) is 10.6 Å². The van der Waals surface area contributed by atoms with Crippen LogP contribution in [0.3, 0.4) is 0 Å². The molecule has 0 aromatic heterocycles. The van der Waals surface area contributed by atoms with E-state index in [4.69, 9.17) is 23.8 Å². The largest absolute Gasteiger partial charge is 0.349 e. The van der Waals surface area contributed by atoms with Gasteiger partial charge in [-0.2, -0.15) is 0 Å². The van der Waals surface area contributed by atoms with Gasteiger partial charge in [-0.25, -0.2) is 0 Å². The predicted octanol–water partition coefficient (Wildman–Crippen LogP) is 3.62. The molecule has 1 saturated carbocycles. The van der Waals surface area contributed by atoms with Gasteiger partial charge < -0.3 is 4.90 Å². The summed E-state index contributed by atoms with van der Waals surface area (Å²) in [7, 11) is 1.95. The van der Waals surface area contributed by atoms with Crippen LogP contribution in [-0.4, -0.2) is 29.0 Å². The molecule has 1 aliphatic rings. The van der Waals surface area contributed by atoms with Crippen molar-refractivity contribution in [2.45, 2.75) is 38.1 Å². The fraction of sp³-hybridized carbons (Fsp3) is 0.467. The summed E-state index contributed by atoms with van der Waals surface area (Å²) in [5.41, 5.74) is 0.452. The van der Waals surface area contributed by atoms with E-state index < -0.39 is 0 Å². The monoisotopic (exact) mass is 310 g/mol. The lowest BCUT2D eigenvalue weighted by molar-refractivity contribution is 0.0972. The highest BCUT2D eigenvalue weighted by Gasteiger charge is 2.21. The minimum absolute atomic E-state index is 0.247. The normalized spacial score (nSPS) is 15.7. The quantitative estimate of drug-likeness (QED) is 0.847. The summed E-state index contributed by atoms with van der Waals surface area (Å²) in [6, 6.07) is 7.41. The molecule has 20 heavy (non-hydrogen) atoms. The van der Waals surface area contributed by atoms with Crippen molar-refractivity contribution in [1.29, 1.82) is 0 Å². The molecule has 0 bridgehead atoms. The Morgan fingerprint density at radius 1 is 1.30 bits per heavy atom. The zero-order valence-electron chi connectivity index (χ0n) is 11.6. The zero-order valence-corrected chi connectivity index (χ0v) is 13.1. The molecule has 1 fully saturated rings. The van der Waals surface area contributed by atoms with Gasteiger partial charge in [0.15, 0.2) is 5.11 Å². The lowest BCUT2D eigenvalue weighted by atomic mass is 9.95. The molecule has 0 unspecified atom stereocenters. The number of nitrogens with one attached hydrogen (secondary N) is 1. The molecular weight excluding hydrogens is 292 g/mol. The van der Waals surface area contributed by atoms with Crippen LogP contribution in [0.15, 0.2) is 24.3 Å². The molecule has 3 nitrogen and oxygen atoms in total. The van der Waals surface area contributed by atoms with Gasteiger partial charge in [-0.05, 0) is 37.2 Å². The number of nitrogens with zero attached hydrogens (tertiary/aromatic N) is 1. The van der Waals surface area contributed by atoms with Crippen molar-refractivity contribution in [1.82, 2.24) is 10.2 Å². The van der Waals surface area contributed by atoms with Crippen LogP contribution in [0.25, 0.3) is 0 Å². The van der Waals surface area contributed by atoms with Crippen LogP contribution in [-0.2, 0) is 0 Å². The Morgan fingerprint density at radius 3 is 2.60 bits per heavy atom. The zero-order chi connectivity index (χ0) is 14.5. The minimum atomic E-state index is -0.247. The van der Waals surface area contributed by atoms with Crippen molar-refractivity contribution >= 4 is 34.8 Å². The van der Waals surface area contributed by atoms with Gasteiger partial charge in [-0.1, -0.05) is 43.0 Å². The first-order chi connectivity index (χ1) is 9.59. The van der Waals surface area contributed by atoms with Gasteiger partial charge in [0, 0.05) is 13.1 Å². The number of thiocarbonyl (C=S) groups is 1. The van der Waals surface area contributed by atoms with Crippen LogP contribution in [0.1, 0.15) is 42.5 Å². The minimum Gasteiger partial charge on any atom is -0.349 e. The number of halogens is 1. The number of amides is 1. The Morgan fingerprint density at radius 2 is 1.95 bits per heavy atom. The molecule has 2 rings (SSSR count). The summed E-state index contributed by atoms with van der Waals surface area (Å²) in [5, 5.41) is 3.68. The van der Waals surface area contributed by atoms with Gasteiger partial charge in [0.25, 0.3) is 5.91 Å². The third-order valence-electron chi connectivity index (χ3n) is 3.78. The maximum Gasteiger partial charge on any atom is 0.258 e. The molecule has 1 aromatic carbocycles. The summed E-state index contributed by atoms with van der Waals surface area (Å²) in [6.45, 7) is 0. The van der Waals surface area contributed by atoms with Gasteiger partial charge in [-0.15, -0.1) is 0 Å². The smallest absolute Gasteiger partial charge is 0.258 e. The molecule has 1 N–H and O–H groups in total. The van der Waals surface area contributed by atoms with Crippen molar-refractivity contribution in [2.75, 3.05) is 7.05 Å². The third kappa shape index (κ3) is 3.70. The number of hydrogen-bond donors (Lipinski definition) is 1. The molecule has 1 amide bonds. The summed E-state index contributed by atoms with van der Waals surface area (Å²) >= 11 is 11.3. The summed E-state index contributed by atoms with van der Waals surface area (Å²) < 4.78 is 0. The molecule has 0 aliphatic heterocycles. The van der Waals surface area contributed by atoms with Gasteiger partial charge >= 0.3 is 0 Å². The topological polar surface area (TPSA) is 32.3 Å². The number of benzene rings is 1. The number of hydrogen-bond acceptors (Lipinski definition) is 2. The fourth-order valence-electron chi connectivity index (χ4n) is 2.53. The Balaban J connectivity index is 1.97. The van der Waals surface area contributed by atoms with Crippen molar-refractivity contribution in [3.63, 3.8) is 0 Å². The van der Waals surface area contributed by atoms with E-state index >= 15 is 0 Å². The summed E-state index contributed by atoms with van der Waals surface area (Å²) in [6.07, 6.45) is 6.03. The van der Waals surface area contributed by atoms with Crippen LogP contribution in [0, 0.1) is 0 Å². The van der Waals surface area contributed by atoms with Crippen LogP contribution in [0.4, 0.5) is 0 Å². The molecule has 5 heteroatoms. The molecule has 1 aromatic rings. The molecule has 108 valence electrons. The van der Waals surface area contributed by atoms with E-state index in [0.29, 0.717) is 21.7 Å². The second-order valence-electron chi connectivity index (χ2n) is 5.14. The third-order valence-corrected chi connectivity index (χ3v) is 4.50. The number of carbonyl (C=O) groups is 1. The van der Waals surface area contributed by atoms with E-state index in [0.717, 1.165) is 12.8 Å². The summed E-state index contributed by atoms with van der Waals surface area (Å²) in [5.74, 6) is -0.247. The first-order valence-electron chi connectivity index (χ1n) is 6.92. The maximum absolute atomic E-state index is 12.2. The van der Waals surface area contributed by atoms with Gasteiger partial charge in [0.1, 0.15) is 0 Å². The van der Waals surface area contributed by atoms with E-state index in [-0.39, 0.29) is 5.91 Å². The van der Waals surface area contributed by atoms with Crippen molar-refractivity contribution in [2.24, 2.45) is 0 Å². The Hall–Kier alpha value is -1.13. The SMILES string of the molecule is CN(C(=S)NC(=O)c1ccccc1Cl)C1CCCCC1. The van der Waals surface area contributed by atoms with Crippen molar-refractivity contribution in [3.05, 3.63) is 34.9 Å². The molecule has 0 saturated heterocycles. The fourth-order valence-corrected chi connectivity index (χ4v) is 3.00. The average Bonchev–Trinajstić information content (AvgIpc) is 2.47. The lowest BCUT2D eigenvalue weighted by Crippen LogP contribution is -2.46. The second-order valence-corrected chi connectivity index (χ2v) is 5.94. The van der Waals surface area contributed by atoms with Gasteiger partial charge in [0.2, 0.25) is 0 Å². The number of carbonyl (C=O) groups excluding carboxylic acids is 1. The van der Waals surface area contributed by atoms with E-state index in [1.807, 2.05) is 11.9 Å². The van der Waals surface area contributed by atoms with Crippen LogP contribution >= 0.6 is 23.8 Å².